The van der Waals surface area contributed by atoms with Gasteiger partial charge < -0.3 is 9.73 Å². The lowest BCUT2D eigenvalue weighted by molar-refractivity contribution is -0.113. The molecule has 0 aliphatic carbocycles. The van der Waals surface area contributed by atoms with Crippen molar-refractivity contribution in [3.8, 4) is 0 Å². The first-order valence-corrected chi connectivity index (χ1v) is 8.10. The van der Waals surface area contributed by atoms with Gasteiger partial charge >= 0.3 is 0 Å². The standard InChI is InChI=1S/C17H11BrClNO3/c18-11-7-5-10(6-8-11)16(22)17-15(20-14(21)9-19)12-3-1-2-4-13(12)23-17/h1-8H,9H2,(H,20,21). The topological polar surface area (TPSA) is 59.3 Å². The highest BCUT2D eigenvalue weighted by atomic mass is 79.9. The predicted molar refractivity (Wildman–Crippen MR) is 93.1 cm³/mol. The Balaban J connectivity index is 2.11. The Bertz CT molecular complexity index is 886. The summed E-state index contributed by atoms with van der Waals surface area (Å²) in [6.45, 7) is 0. The number of hydrogen-bond acceptors (Lipinski definition) is 3. The summed E-state index contributed by atoms with van der Waals surface area (Å²) in [6.07, 6.45) is 0. The summed E-state index contributed by atoms with van der Waals surface area (Å²) in [5, 5.41) is 3.31. The summed E-state index contributed by atoms with van der Waals surface area (Å²) in [4.78, 5) is 24.4. The van der Waals surface area contributed by atoms with Crippen molar-refractivity contribution in [2.75, 3.05) is 11.2 Å². The van der Waals surface area contributed by atoms with Crippen molar-refractivity contribution in [1.29, 1.82) is 0 Å². The van der Waals surface area contributed by atoms with Crippen molar-refractivity contribution < 1.29 is 14.0 Å². The molecule has 0 radical (unpaired) electrons. The third-order valence-corrected chi connectivity index (χ3v) is 4.07. The number of fused-ring (bicyclic) bond motifs is 1. The van der Waals surface area contributed by atoms with Gasteiger partial charge in [0.2, 0.25) is 11.7 Å². The number of anilines is 1. The first-order valence-electron chi connectivity index (χ1n) is 6.78. The van der Waals surface area contributed by atoms with Crippen LogP contribution in [0, 0.1) is 0 Å². The second-order valence-electron chi connectivity index (χ2n) is 4.82. The summed E-state index contributed by atoms with van der Waals surface area (Å²) in [6, 6.07) is 14.0. The third kappa shape index (κ3) is 3.16. The van der Waals surface area contributed by atoms with Crippen LogP contribution in [0.2, 0.25) is 0 Å². The fourth-order valence-corrected chi connectivity index (χ4v) is 2.57. The van der Waals surface area contributed by atoms with Crippen molar-refractivity contribution >= 4 is 55.9 Å². The summed E-state index contributed by atoms with van der Waals surface area (Å²) in [5.41, 5.74) is 1.34. The average Bonchev–Trinajstić information content (AvgIpc) is 2.93. The molecule has 0 bridgehead atoms. The number of benzene rings is 2. The monoisotopic (exact) mass is 391 g/mol. The Morgan fingerprint density at radius 2 is 1.78 bits per heavy atom. The molecule has 1 aromatic heterocycles. The molecule has 23 heavy (non-hydrogen) atoms. The Morgan fingerprint density at radius 3 is 2.48 bits per heavy atom. The first kappa shape index (κ1) is 15.8. The SMILES string of the molecule is O=C(CCl)Nc1c(C(=O)c2ccc(Br)cc2)oc2ccccc12. The van der Waals surface area contributed by atoms with Crippen LogP contribution < -0.4 is 5.32 Å². The van der Waals surface area contributed by atoms with E-state index in [9.17, 15) is 9.59 Å². The number of alkyl halides is 1. The molecule has 116 valence electrons. The summed E-state index contributed by atoms with van der Waals surface area (Å²) >= 11 is 8.88. The van der Waals surface area contributed by atoms with E-state index in [0.717, 1.165) is 4.47 Å². The van der Waals surface area contributed by atoms with Gasteiger partial charge in [-0.15, -0.1) is 11.6 Å². The first-order chi connectivity index (χ1) is 11.1. The predicted octanol–water partition coefficient (Wildman–Crippen LogP) is 4.60. The Labute approximate surface area is 145 Å². The maximum Gasteiger partial charge on any atom is 0.239 e. The lowest BCUT2D eigenvalue weighted by atomic mass is 10.1. The van der Waals surface area contributed by atoms with Gasteiger partial charge in [-0.05, 0) is 36.4 Å². The molecule has 0 aliphatic heterocycles. The lowest BCUT2D eigenvalue weighted by Gasteiger charge is -2.04. The van der Waals surface area contributed by atoms with E-state index in [1.807, 2.05) is 6.07 Å². The summed E-state index contributed by atoms with van der Waals surface area (Å²) in [7, 11) is 0. The van der Waals surface area contributed by atoms with Crippen molar-refractivity contribution in [2.45, 2.75) is 0 Å². The molecule has 0 atom stereocenters. The smallest absolute Gasteiger partial charge is 0.239 e. The second-order valence-corrected chi connectivity index (χ2v) is 6.00. The number of furan rings is 1. The van der Waals surface area contributed by atoms with Gasteiger partial charge in [0.15, 0.2) is 5.76 Å². The van der Waals surface area contributed by atoms with E-state index in [1.165, 1.54) is 0 Å². The zero-order valence-corrected chi connectivity index (χ0v) is 14.1. The van der Waals surface area contributed by atoms with Crippen molar-refractivity contribution in [1.82, 2.24) is 0 Å². The normalized spacial score (nSPS) is 10.7. The fraction of sp³-hybridized carbons (Fsp3) is 0.0588. The van der Waals surface area contributed by atoms with Crippen LogP contribution in [0.3, 0.4) is 0 Å². The highest BCUT2D eigenvalue weighted by Gasteiger charge is 2.23. The molecule has 1 N–H and O–H groups in total. The Hall–Kier alpha value is -2.11. The third-order valence-electron chi connectivity index (χ3n) is 3.29. The largest absolute Gasteiger partial charge is 0.450 e. The van der Waals surface area contributed by atoms with Crippen molar-refractivity contribution in [3.05, 3.63) is 64.3 Å². The van der Waals surface area contributed by atoms with Crippen LogP contribution in [0.5, 0.6) is 0 Å². The van der Waals surface area contributed by atoms with Gasteiger partial charge in [0.25, 0.3) is 0 Å². The molecule has 2 aromatic carbocycles. The van der Waals surface area contributed by atoms with Crippen LogP contribution in [0.4, 0.5) is 5.69 Å². The van der Waals surface area contributed by atoms with Crippen molar-refractivity contribution in [3.63, 3.8) is 0 Å². The van der Waals surface area contributed by atoms with E-state index in [1.54, 1.807) is 42.5 Å². The molecule has 1 heterocycles. The van der Waals surface area contributed by atoms with Crippen LogP contribution in [0.1, 0.15) is 16.1 Å². The number of halogens is 2. The maximum absolute atomic E-state index is 12.7. The van der Waals surface area contributed by atoms with E-state index in [-0.39, 0.29) is 17.4 Å². The summed E-state index contributed by atoms with van der Waals surface area (Å²) < 4.78 is 6.54. The number of ketones is 1. The minimum Gasteiger partial charge on any atom is -0.450 e. The van der Waals surface area contributed by atoms with Crippen molar-refractivity contribution in [2.24, 2.45) is 0 Å². The van der Waals surface area contributed by atoms with Gasteiger partial charge in [0.1, 0.15) is 11.5 Å². The highest BCUT2D eigenvalue weighted by Crippen LogP contribution is 2.32. The summed E-state index contributed by atoms with van der Waals surface area (Å²) in [5.74, 6) is -0.820. The molecule has 3 rings (SSSR count). The second kappa shape index (κ2) is 6.56. The minimum atomic E-state index is -0.400. The van der Waals surface area contributed by atoms with E-state index in [0.29, 0.717) is 22.2 Å². The number of carbonyl (C=O) groups excluding carboxylic acids is 2. The lowest BCUT2D eigenvalue weighted by Crippen LogP contribution is -2.15. The molecule has 6 heteroatoms. The molecule has 0 fully saturated rings. The van der Waals surface area contributed by atoms with Crippen LogP contribution in [-0.4, -0.2) is 17.6 Å². The van der Waals surface area contributed by atoms with Gasteiger partial charge in [0.05, 0.1) is 5.69 Å². The average molecular weight is 393 g/mol. The van der Waals surface area contributed by atoms with Gasteiger partial charge in [0, 0.05) is 15.4 Å². The van der Waals surface area contributed by atoms with Gasteiger partial charge in [-0.25, -0.2) is 0 Å². The molecule has 4 nitrogen and oxygen atoms in total. The number of hydrogen-bond donors (Lipinski definition) is 1. The van der Waals surface area contributed by atoms with Crippen LogP contribution >= 0.6 is 27.5 Å². The molecule has 1 amide bonds. The molecular weight excluding hydrogens is 382 g/mol. The zero-order valence-electron chi connectivity index (χ0n) is 11.8. The number of rotatable bonds is 4. The number of nitrogens with one attached hydrogen (secondary N) is 1. The van der Waals surface area contributed by atoms with E-state index >= 15 is 0 Å². The van der Waals surface area contributed by atoms with Crippen LogP contribution in [-0.2, 0) is 4.79 Å². The molecular formula is C17H11BrClNO3. The van der Waals surface area contributed by atoms with Crippen LogP contribution in [0.25, 0.3) is 11.0 Å². The van der Waals surface area contributed by atoms with Gasteiger partial charge in [-0.1, -0.05) is 28.1 Å². The quantitative estimate of drug-likeness (QED) is 0.521. The van der Waals surface area contributed by atoms with E-state index in [4.69, 9.17) is 16.0 Å². The highest BCUT2D eigenvalue weighted by molar-refractivity contribution is 9.10. The Morgan fingerprint density at radius 1 is 1.09 bits per heavy atom. The molecule has 0 saturated carbocycles. The molecule has 0 spiro atoms. The van der Waals surface area contributed by atoms with Gasteiger partial charge in [-0.3, -0.25) is 9.59 Å². The van der Waals surface area contributed by atoms with Gasteiger partial charge in [-0.2, -0.15) is 0 Å². The molecule has 0 saturated heterocycles. The molecule has 3 aromatic rings. The molecule has 0 unspecified atom stereocenters. The number of carbonyl (C=O) groups is 2. The minimum absolute atomic E-state index is 0.0898. The van der Waals surface area contributed by atoms with E-state index in [2.05, 4.69) is 21.2 Å². The number of amides is 1. The van der Waals surface area contributed by atoms with E-state index < -0.39 is 5.91 Å². The Kier molecular flexibility index (Phi) is 4.50. The fourth-order valence-electron chi connectivity index (χ4n) is 2.23. The zero-order chi connectivity index (χ0) is 16.4. The maximum atomic E-state index is 12.7. The molecule has 0 aliphatic rings. The number of para-hydroxylation sites is 1. The van der Waals surface area contributed by atoms with Crippen LogP contribution in [0.15, 0.2) is 57.4 Å².